The van der Waals surface area contributed by atoms with E-state index in [9.17, 15) is 9.90 Å². The molecule has 0 spiro atoms. The van der Waals surface area contributed by atoms with Crippen molar-refractivity contribution < 1.29 is 9.90 Å². The highest BCUT2D eigenvalue weighted by Crippen LogP contribution is 2.44. The quantitative estimate of drug-likeness (QED) is 0.468. The van der Waals surface area contributed by atoms with Crippen LogP contribution in [0.4, 0.5) is 0 Å². The highest BCUT2D eigenvalue weighted by molar-refractivity contribution is 5.85. The lowest BCUT2D eigenvalue weighted by atomic mass is 9.65. The Morgan fingerprint density at radius 1 is 0.690 bits per heavy atom. The predicted molar refractivity (Wildman–Crippen MR) is 114 cm³/mol. The fraction of sp³-hybridized carbons (Fsp3) is 0.0769. The molecule has 0 aliphatic rings. The molecule has 0 saturated heterocycles. The van der Waals surface area contributed by atoms with Crippen molar-refractivity contribution in [2.24, 2.45) is 0 Å². The van der Waals surface area contributed by atoms with Gasteiger partial charge in [0.2, 0.25) is 0 Å². The van der Waals surface area contributed by atoms with Crippen molar-refractivity contribution in [3.05, 3.63) is 137 Å². The Hall–Kier alpha value is -3.72. The molecule has 0 aliphatic heterocycles. The van der Waals surface area contributed by atoms with Crippen LogP contribution in [-0.2, 0) is 5.41 Å². The summed E-state index contributed by atoms with van der Waals surface area (Å²) in [5.74, 6) is -1.03. The molecule has 0 saturated carbocycles. The second-order valence-electron chi connectivity index (χ2n) is 7.09. The van der Waals surface area contributed by atoms with Gasteiger partial charge in [-0.15, -0.1) is 0 Å². The lowest BCUT2D eigenvalue weighted by Gasteiger charge is -2.36. The number of hydrogen-bond acceptors (Lipinski definition) is 2. The summed E-state index contributed by atoms with van der Waals surface area (Å²) < 4.78 is 0. The standard InChI is InChI=1S/C26H21NO2/c1-19-12-14-22(15-13-19)26(20-8-4-2-5-9-20,21-10-6-3-7-11-21)23-16-17-24(25(28)29)27-18-23/h2-18H,1H3,(H,28,29). The maximum Gasteiger partial charge on any atom is 0.354 e. The van der Waals surface area contributed by atoms with Crippen molar-refractivity contribution in [2.75, 3.05) is 0 Å². The number of aryl methyl sites for hydroxylation is 1. The molecule has 0 radical (unpaired) electrons. The van der Waals surface area contributed by atoms with Gasteiger partial charge in [-0.2, -0.15) is 0 Å². The normalized spacial score (nSPS) is 11.2. The van der Waals surface area contributed by atoms with Crippen LogP contribution in [0.2, 0.25) is 0 Å². The smallest absolute Gasteiger partial charge is 0.354 e. The van der Waals surface area contributed by atoms with Crippen LogP contribution >= 0.6 is 0 Å². The summed E-state index contributed by atoms with van der Waals surface area (Å²) in [4.78, 5) is 15.6. The number of aromatic carboxylic acids is 1. The number of rotatable bonds is 5. The van der Waals surface area contributed by atoms with E-state index in [4.69, 9.17) is 0 Å². The van der Waals surface area contributed by atoms with Gasteiger partial charge >= 0.3 is 5.97 Å². The Morgan fingerprint density at radius 3 is 1.62 bits per heavy atom. The maximum absolute atomic E-state index is 11.3. The largest absolute Gasteiger partial charge is 0.477 e. The van der Waals surface area contributed by atoms with E-state index in [0.29, 0.717) is 0 Å². The SMILES string of the molecule is Cc1ccc(C(c2ccccc2)(c2ccccc2)c2ccc(C(=O)O)nc2)cc1. The Bertz CT molecular complexity index is 1060. The minimum absolute atomic E-state index is 0.0349. The molecule has 4 aromatic rings. The number of aromatic nitrogens is 1. The van der Waals surface area contributed by atoms with Crippen LogP contribution in [0, 0.1) is 6.92 Å². The number of carbonyl (C=O) groups is 1. The summed E-state index contributed by atoms with van der Waals surface area (Å²) in [6.07, 6.45) is 1.68. The number of hydrogen-bond donors (Lipinski definition) is 1. The monoisotopic (exact) mass is 379 g/mol. The molecule has 1 N–H and O–H groups in total. The number of carboxylic acid groups (broad SMARTS) is 1. The van der Waals surface area contributed by atoms with Crippen molar-refractivity contribution in [3.63, 3.8) is 0 Å². The first-order chi connectivity index (χ1) is 14.1. The molecule has 0 aliphatic carbocycles. The van der Waals surface area contributed by atoms with Crippen molar-refractivity contribution in [2.45, 2.75) is 12.3 Å². The molecule has 0 unspecified atom stereocenters. The molecule has 3 nitrogen and oxygen atoms in total. The van der Waals surface area contributed by atoms with E-state index in [0.717, 1.165) is 22.3 Å². The summed E-state index contributed by atoms with van der Waals surface area (Å²) in [7, 11) is 0. The molecule has 0 atom stereocenters. The fourth-order valence-electron chi connectivity index (χ4n) is 3.92. The van der Waals surface area contributed by atoms with E-state index in [-0.39, 0.29) is 5.69 Å². The molecule has 3 aromatic carbocycles. The molecule has 4 rings (SSSR count). The van der Waals surface area contributed by atoms with Gasteiger partial charge in [0.05, 0.1) is 5.41 Å². The third-order valence-electron chi connectivity index (χ3n) is 5.31. The first kappa shape index (κ1) is 18.6. The van der Waals surface area contributed by atoms with Gasteiger partial charge in [-0.05, 0) is 35.2 Å². The first-order valence-electron chi connectivity index (χ1n) is 9.50. The van der Waals surface area contributed by atoms with Crippen molar-refractivity contribution in [1.82, 2.24) is 4.98 Å². The van der Waals surface area contributed by atoms with Crippen LogP contribution < -0.4 is 0 Å². The zero-order valence-corrected chi connectivity index (χ0v) is 16.1. The van der Waals surface area contributed by atoms with Gasteiger partial charge in [-0.3, -0.25) is 0 Å². The summed E-state index contributed by atoms with van der Waals surface area (Å²) >= 11 is 0. The van der Waals surface area contributed by atoms with Crippen molar-refractivity contribution in [3.8, 4) is 0 Å². The summed E-state index contributed by atoms with van der Waals surface area (Å²) in [6, 6.07) is 32.5. The molecule has 0 amide bonds. The molecular weight excluding hydrogens is 358 g/mol. The molecule has 142 valence electrons. The lowest BCUT2D eigenvalue weighted by Crippen LogP contribution is -2.31. The Balaban J connectivity index is 2.08. The van der Waals surface area contributed by atoms with Crippen LogP contribution in [-0.4, -0.2) is 16.1 Å². The van der Waals surface area contributed by atoms with Gasteiger partial charge in [0.15, 0.2) is 0 Å². The lowest BCUT2D eigenvalue weighted by molar-refractivity contribution is 0.0690. The molecule has 0 bridgehead atoms. The third kappa shape index (κ3) is 3.32. The maximum atomic E-state index is 11.3. The second kappa shape index (κ2) is 7.72. The highest BCUT2D eigenvalue weighted by Gasteiger charge is 2.38. The molecule has 3 heteroatoms. The van der Waals surface area contributed by atoms with Crippen molar-refractivity contribution >= 4 is 5.97 Å². The Labute approximate surface area is 170 Å². The van der Waals surface area contributed by atoms with Crippen LogP contribution in [0.25, 0.3) is 0 Å². The predicted octanol–water partition coefficient (Wildman–Crippen LogP) is 5.47. The fourth-order valence-corrected chi connectivity index (χ4v) is 3.92. The van der Waals surface area contributed by atoms with E-state index in [1.54, 1.807) is 12.3 Å². The zero-order chi connectivity index (χ0) is 20.3. The molecular formula is C26H21NO2. The van der Waals surface area contributed by atoms with Gasteiger partial charge in [0, 0.05) is 6.20 Å². The topological polar surface area (TPSA) is 50.2 Å². The highest BCUT2D eigenvalue weighted by atomic mass is 16.4. The Morgan fingerprint density at radius 2 is 1.17 bits per heavy atom. The Kier molecular flexibility index (Phi) is 4.96. The minimum atomic E-state index is -1.03. The van der Waals surface area contributed by atoms with Crippen LogP contribution in [0.5, 0.6) is 0 Å². The van der Waals surface area contributed by atoms with Gasteiger partial charge in [0.25, 0.3) is 0 Å². The first-order valence-corrected chi connectivity index (χ1v) is 9.50. The van der Waals surface area contributed by atoms with Gasteiger partial charge in [-0.25, -0.2) is 9.78 Å². The zero-order valence-electron chi connectivity index (χ0n) is 16.1. The van der Waals surface area contributed by atoms with Crippen LogP contribution in [0.1, 0.15) is 38.3 Å². The minimum Gasteiger partial charge on any atom is -0.477 e. The van der Waals surface area contributed by atoms with Crippen LogP contribution in [0.3, 0.4) is 0 Å². The number of pyridine rings is 1. The number of benzene rings is 3. The number of nitrogens with zero attached hydrogens (tertiary/aromatic N) is 1. The van der Waals surface area contributed by atoms with Gasteiger partial charge in [-0.1, -0.05) is 96.6 Å². The van der Waals surface area contributed by atoms with Crippen LogP contribution in [0.15, 0.2) is 103 Å². The van der Waals surface area contributed by atoms with E-state index in [2.05, 4.69) is 60.4 Å². The molecule has 1 heterocycles. The van der Waals surface area contributed by atoms with E-state index >= 15 is 0 Å². The van der Waals surface area contributed by atoms with Crippen molar-refractivity contribution in [1.29, 1.82) is 0 Å². The molecule has 29 heavy (non-hydrogen) atoms. The molecule has 0 fully saturated rings. The second-order valence-corrected chi connectivity index (χ2v) is 7.09. The summed E-state index contributed by atoms with van der Waals surface area (Å²) in [5.41, 5.74) is 4.82. The van der Waals surface area contributed by atoms with Gasteiger partial charge < -0.3 is 5.11 Å². The van der Waals surface area contributed by atoms with E-state index in [1.807, 2.05) is 42.5 Å². The van der Waals surface area contributed by atoms with E-state index in [1.165, 1.54) is 5.56 Å². The third-order valence-corrected chi connectivity index (χ3v) is 5.31. The number of carboxylic acids is 1. The average Bonchev–Trinajstić information content (AvgIpc) is 2.77. The van der Waals surface area contributed by atoms with E-state index < -0.39 is 11.4 Å². The average molecular weight is 379 g/mol. The van der Waals surface area contributed by atoms with Gasteiger partial charge in [0.1, 0.15) is 5.69 Å². The summed E-state index contributed by atoms with van der Waals surface area (Å²) in [6.45, 7) is 2.07. The summed E-state index contributed by atoms with van der Waals surface area (Å²) in [5, 5.41) is 9.30. The molecule has 1 aromatic heterocycles.